The van der Waals surface area contributed by atoms with Crippen molar-refractivity contribution in [2.75, 3.05) is 6.61 Å². The average Bonchev–Trinajstić information content (AvgIpc) is 3.36. The third-order valence-corrected chi connectivity index (χ3v) is 15.3. The van der Waals surface area contributed by atoms with Crippen molar-refractivity contribution in [3.8, 4) is 0 Å². The fraction of sp³-hybridized carbons (Fsp3) is 0.789. The van der Waals surface area contributed by atoms with Crippen molar-refractivity contribution < 1.29 is 24.3 Å². The number of hydrogen-bond acceptors (Lipinski definition) is 4. The molecule has 1 heterocycles. The first-order chi connectivity index (χ1) is 20.3. The van der Waals surface area contributed by atoms with Gasteiger partial charge in [0.15, 0.2) is 6.20 Å². The fourth-order valence-electron chi connectivity index (χ4n) is 12.9. The Labute approximate surface area is 260 Å². The van der Waals surface area contributed by atoms with Gasteiger partial charge < -0.3 is 14.9 Å². The Kier molecular flexibility index (Phi) is 7.77. The molecule has 5 saturated carbocycles. The highest BCUT2D eigenvalue weighted by Gasteiger charge is 2.71. The maximum atomic E-state index is 13.2. The lowest BCUT2D eigenvalue weighted by atomic mass is 9.32. The van der Waals surface area contributed by atoms with Gasteiger partial charge in [0.25, 0.3) is 0 Å². The monoisotopic (exact) mass is 592 g/mol. The zero-order chi connectivity index (χ0) is 31.0. The van der Waals surface area contributed by atoms with Crippen molar-refractivity contribution in [3.05, 3.63) is 42.2 Å². The van der Waals surface area contributed by atoms with Crippen LogP contribution in [0.25, 0.3) is 0 Å². The Hall–Kier alpha value is -1.72. The molecule has 0 spiro atoms. The molecule has 5 aliphatic carbocycles. The van der Waals surface area contributed by atoms with Crippen molar-refractivity contribution in [1.29, 1.82) is 0 Å². The Morgan fingerprint density at radius 1 is 0.930 bits per heavy atom. The second-order valence-corrected chi connectivity index (χ2v) is 17.0. The van der Waals surface area contributed by atoms with E-state index in [0.717, 1.165) is 31.4 Å². The van der Waals surface area contributed by atoms with Crippen molar-refractivity contribution in [1.82, 2.24) is 0 Å². The van der Waals surface area contributed by atoms with E-state index in [-0.39, 0.29) is 52.3 Å². The lowest BCUT2D eigenvalue weighted by molar-refractivity contribution is -0.695. The maximum absolute atomic E-state index is 13.2. The summed E-state index contributed by atoms with van der Waals surface area (Å²) in [4.78, 5) is 13.2. The van der Waals surface area contributed by atoms with E-state index >= 15 is 0 Å². The largest absolute Gasteiger partial charge is 0.457 e. The number of allylic oxidation sites excluding steroid dienone is 1. The highest BCUT2D eigenvalue weighted by Crippen LogP contribution is 2.77. The van der Waals surface area contributed by atoms with E-state index in [0.29, 0.717) is 36.2 Å². The summed E-state index contributed by atoms with van der Waals surface area (Å²) in [7, 11) is 0. The topological polar surface area (TPSA) is 70.6 Å². The van der Waals surface area contributed by atoms with E-state index in [1.807, 2.05) is 24.4 Å². The molecule has 0 saturated heterocycles. The van der Waals surface area contributed by atoms with E-state index in [4.69, 9.17) is 4.74 Å². The van der Waals surface area contributed by atoms with E-state index in [2.05, 4.69) is 48.1 Å². The number of carbonyl (C=O) groups excluding carboxylic acids is 1. The molecule has 6 rings (SSSR count). The first-order valence-electron chi connectivity index (χ1n) is 17.3. The van der Waals surface area contributed by atoms with Crippen LogP contribution in [0.15, 0.2) is 36.5 Å². The van der Waals surface area contributed by atoms with Gasteiger partial charge in [0, 0.05) is 24.2 Å². The smallest absolute Gasteiger partial charge is 0.372 e. The van der Waals surface area contributed by atoms with Crippen molar-refractivity contribution in [2.24, 2.45) is 56.7 Å². The molecule has 0 aromatic carbocycles. The fourth-order valence-corrected chi connectivity index (χ4v) is 12.9. The van der Waals surface area contributed by atoms with Crippen LogP contribution in [0.1, 0.15) is 111 Å². The van der Waals surface area contributed by atoms with Crippen LogP contribution in [0.5, 0.6) is 0 Å². The van der Waals surface area contributed by atoms with Crippen molar-refractivity contribution >= 4 is 5.97 Å². The number of nitrogens with zero attached hydrogens (tertiary/aromatic N) is 1. The van der Waals surface area contributed by atoms with Crippen molar-refractivity contribution in [2.45, 2.75) is 125 Å². The number of aliphatic hydroxyl groups is 2. The summed E-state index contributed by atoms with van der Waals surface area (Å²) in [5, 5.41) is 20.5. The van der Waals surface area contributed by atoms with Crippen LogP contribution in [-0.4, -0.2) is 28.9 Å². The molecule has 1 aromatic heterocycles. The number of rotatable bonds is 6. The highest BCUT2D eigenvalue weighted by atomic mass is 16.5. The molecule has 0 amide bonds. The standard InChI is InChI=1S/C38H58NO4/c1-25(2)27-13-18-38(24-41)20-19-36(6)28(33(27)38)11-12-30-35(5)16-15-31(34(3,4)29(35)14-17-37(30,36)7)43-32(42)22-39-21-9-8-10-26(39)23-40/h8-10,21,27-31,33,40-41H,1,11-20,22-24H2,2-7H3/q+1/t27-,28?,29?,30?,31-,33?,35-,36+,37+,38?/m0/s1. The van der Waals surface area contributed by atoms with Crippen LogP contribution >= 0.6 is 0 Å². The molecule has 5 heteroatoms. The lowest BCUT2D eigenvalue weighted by Gasteiger charge is -2.73. The molecule has 2 N–H and O–H groups in total. The van der Waals surface area contributed by atoms with Gasteiger partial charge >= 0.3 is 5.97 Å². The van der Waals surface area contributed by atoms with Gasteiger partial charge in [-0.15, -0.1) is 0 Å². The number of aliphatic hydroxyl groups excluding tert-OH is 2. The van der Waals surface area contributed by atoms with Crippen LogP contribution in [0.2, 0.25) is 0 Å². The summed E-state index contributed by atoms with van der Waals surface area (Å²) >= 11 is 0. The van der Waals surface area contributed by atoms with E-state index < -0.39 is 0 Å². The number of pyridine rings is 1. The SMILES string of the molecule is C=C(C)[C@@H]1CCC2(CO)CC[C@]3(C)C(CCC4[C@@]5(C)CC[C@H](OC(=O)C[n+]6ccccc6CO)C(C)(C)C5CC[C@]43C)C12. The Balaban J connectivity index is 1.24. The van der Waals surface area contributed by atoms with Gasteiger partial charge in [0.2, 0.25) is 12.2 Å². The van der Waals surface area contributed by atoms with E-state index in [1.54, 1.807) is 4.57 Å². The minimum absolute atomic E-state index is 0.0917. The molecule has 238 valence electrons. The van der Waals surface area contributed by atoms with Gasteiger partial charge in [0.1, 0.15) is 12.7 Å². The molecule has 10 atom stereocenters. The summed E-state index contributed by atoms with van der Waals surface area (Å²) in [5.41, 5.74) is 2.82. The van der Waals surface area contributed by atoms with Crippen LogP contribution < -0.4 is 4.57 Å². The van der Waals surface area contributed by atoms with Crippen molar-refractivity contribution in [3.63, 3.8) is 0 Å². The Morgan fingerprint density at radius 2 is 1.70 bits per heavy atom. The number of hydrogen-bond donors (Lipinski definition) is 2. The normalized spacial score (nSPS) is 44.8. The summed E-state index contributed by atoms with van der Waals surface area (Å²) in [6.07, 6.45) is 13.5. The number of fused-ring (bicyclic) bond motifs is 7. The number of ether oxygens (including phenoxy) is 1. The molecule has 5 aliphatic rings. The molecule has 1 aromatic rings. The number of esters is 1. The maximum Gasteiger partial charge on any atom is 0.372 e. The predicted molar refractivity (Wildman–Crippen MR) is 168 cm³/mol. The van der Waals surface area contributed by atoms with Gasteiger partial charge in [0.05, 0.1) is 0 Å². The number of aromatic nitrogens is 1. The third kappa shape index (κ3) is 4.44. The predicted octanol–water partition coefficient (Wildman–Crippen LogP) is 7.03. The first-order valence-corrected chi connectivity index (χ1v) is 17.3. The summed E-state index contributed by atoms with van der Waals surface area (Å²) in [6, 6.07) is 5.61. The minimum atomic E-state index is -0.209. The molecular formula is C38H58NO4+. The summed E-state index contributed by atoms with van der Waals surface area (Å²) < 4.78 is 8.10. The molecule has 43 heavy (non-hydrogen) atoms. The van der Waals surface area contributed by atoms with Gasteiger partial charge in [-0.25, -0.2) is 4.79 Å². The molecule has 0 aliphatic heterocycles. The summed E-state index contributed by atoms with van der Waals surface area (Å²) in [5.74, 6) is 2.74. The minimum Gasteiger partial charge on any atom is -0.457 e. The van der Waals surface area contributed by atoms with Gasteiger partial charge in [-0.1, -0.05) is 52.8 Å². The van der Waals surface area contributed by atoms with Crippen LogP contribution in [-0.2, 0) is 22.7 Å². The van der Waals surface area contributed by atoms with Crippen LogP contribution in [0.4, 0.5) is 0 Å². The van der Waals surface area contributed by atoms with Crippen LogP contribution in [0.3, 0.4) is 0 Å². The Morgan fingerprint density at radius 3 is 2.40 bits per heavy atom. The molecule has 0 bridgehead atoms. The summed E-state index contributed by atoms with van der Waals surface area (Å²) in [6.45, 7) is 19.7. The average molecular weight is 593 g/mol. The second kappa shape index (κ2) is 10.7. The molecule has 0 radical (unpaired) electrons. The van der Waals surface area contributed by atoms with E-state index in [1.165, 1.54) is 44.1 Å². The zero-order valence-electron chi connectivity index (χ0n) is 27.8. The van der Waals surface area contributed by atoms with E-state index in [9.17, 15) is 15.0 Å². The van der Waals surface area contributed by atoms with Gasteiger partial charge in [-0.2, -0.15) is 4.57 Å². The Bertz CT molecular complexity index is 1260. The van der Waals surface area contributed by atoms with Gasteiger partial charge in [-0.05, 0) is 122 Å². The molecule has 5 fully saturated rings. The van der Waals surface area contributed by atoms with Crippen LogP contribution in [0, 0.1) is 56.7 Å². The zero-order valence-corrected chi connectivity index (χ0v) is 27.8. The highest BCUT2D eigenvalue weighted by molar-refractivity contribution is 5.68. The third-order valence-electron chi connectivity index (χ3n) is 15.3. The molecule has 5 unspecified atom stereocenters. The first kappa shape index (κ1) is 31.3. The molecule has 5 nitrogen and oxygen atoms in total. The number of carbonyl (C=O) groups is 1. The lowest BCUT2D eigenvalue weighted by Crippen LogP contribution is -2.67. The van der Waals surface area contributed by atoms with Gasteiger partial charge in [-0.3, -0.25) is 0 Å². The molecular weight excluding hydrogens is 534 g/mol. The quantitative estimate of drug-likeness (QED) is 0.211. The second-order valence-electron chi connectivity index (χ2n) is 17.0.